The maximum absolute atomic E-state index is 12.4. The quantitative estimate of drug-likeness (QED) is 0.898. The number of carbonyl (C=O) groups is 2. The largest absolute Gasteiger partial charge is 0.481 e. The molecule has 1 aliphatic heterocycles. The number of rotatable bonds is 5. The van der Waals surface area contributed by atoms with Crippen LogP contribution >= 0.6 is 0 Å². The topological polar surface area (TPSA) is 73.7 Å². The molecule has 1 aromatic rings. The number of amides is 2. The van der Waals surface area contributed by atoms with Gasteiger partial charge < -0.3 is 14.9 Å². The van der Waals surface area contributed by atoms with E-state index in [4.69, 9.17) is 5.11 Å². The average Bonchev–Trinajstić information content (AvgIpc) is 2.94. The second kappa shape index (κ2) is 7.06. The minimum absolute atomic E-state index is 0.00429. The van der Waals surface area contributed by atoms with Gasteiger partial charge in [0, 0.05) is 45.5 Å². The number of aliphatic carboxylic acids is 1. The van der Waals surface area contributed by atoms with Crippen molar-refractivity contribution in [2.45, 2.75) is 25.8 Å². The van der Waals surface area contributed by atoms with E-state index in [0.29, 0.717) is 32.0 Å². The van der Waals surface area contributed by atoms with Gasteiger partial charge in [0.25, 0.3) is 0 Å². The fourth-order valence-electron chi connectivity index (χ4n) is 2.64. The van der Waals surface area contributed by atoms with Crippen molar-refractivity contribution in [1.29, 1.82) is 0 Å². The molecule has 2 amide bonds. The van der Waals surface area contributed by atoms with Crippen LogP contribution in [0.2, 0.25) is 0 Å². The van der Waals surface area contributed by atoms with Gasteiger partial charge in [-0.15, -0.1) is 0 Å². The lowest BCUT2D eigenvalue weighted by atomic mass is 10.0. The summed E-state index contributed by atoms with van der Waals surface area (Å²) in [5, 5.41) is 8.71. The van der Waals surface area contributed by atoms with E-state index >= 15 is 0 Å². The number of carboxylic acid groups (broad SMARTS) is 1. The van der Waals surface area contributed by atoms with Gasteiger partial charge in [-0.05, 0) is 36.5 Å². The van der Waals surface area contributed by atoms with Crippen LogP contribution in [0.3, 0.4) is 0 Å². The van der Waals surface area contributed by atoms with Crippen molar-refractivity contribution >= 4 is 12.0 Å². The van der Waals surface area contributed by atoms with Gasteiger partial charge in [-0.1, -0.05) is 0 Å². The van der Waals surface area contributed by atoms with Crippen molar-refractivity contribution in [3.05, 3.63) is 30.1 Å². The zero-order valence-corrected chi connectivity index (χ0v) is 12.2. The number of pyridine rings is 1. The number of carboxylic acids is 1. The van der Waals surface area contributed by atoms with Crippen LogP contribution in [-0.4, -0.2) is 52.0 Å². The molecule has 1 aromatic heterocycles. The summed E-state index contributed by atoms with van der Waals surface area (Å²) in [5.41, 5.74) is 1.04. The molecule has 1 N–H and O–H groups in total. The molecule has 2 heterocycles. The third-order valence-corrected chi connectivity index (χ3v) is 3.82. The Balaban J connectivity index is 1.82. The van der Waals surface area contributed by atoms with E-state index in [1.165, 1.54) is 0 Å². The zero-order valence-electron chi connectivity index (χ0n) is 12.2. The number of nitrogens with zero attached hydrogens (tertiary/aromatic N) is 3. The molecule has 0 bridgehead atoms. The van der Waals surface area contributed by atoms with Crippen LogP contribution in [0, 0.1) is 5.92 Å². The molecule has 1 atom stereocenters. The molecular formula is C15H21N3O3. The normalized spacial score (nSPS) is 17.8. The van der Waals surface area contributed by atoms with Crippen molar-refractivity contribution in [2.24, 2.45) is 5.92 Å². The Bertz CT molecular complexity index is 492. The van der Waals surface area contributed by atoms with E-state index in [0.717, 1.165) is 12.0 Å². The lowest BCUT2D eigenvalue weighted by Gasteiger charge is -2.24. The number of carbonyl (C=O) groups excluding carboxylic acids is 1. The highest BCUT2D eigenvalue weighted by Gasteiger charge is 2.28. The predicted molar refractivity (Wildman–Crippen MR) is 77.6 cm³/mol. The van der Waals surface area contributed by atoms with Crippen molar-refractivity contribution < 1.29 is 14.7 Å². The first-order chi connectivity index (χ1) is 10.1. The first kappa shape index (κ1) is 15.3. The molecule has 1 fully saturated rings. The summed E-state index contributed by atoms with van der Waals surface area (Å²) < 4.78 is 0. The first-order valence-electron chi connectivity index (χ1n) is 7.17. The average molecular weight is 291 g/mol. The highest BCUT2D eigenvalue weighted by molar-refractivity contribution is 5.74. The Kier molecular flexibility index (Phi) is 5.14. The Hall–Kier alpha value is -2.11. The molecule has 0 spiro atoms. The lowest BCUT2D eigenvalue weighted by molar-refractivity contribution is -0.137. The van der Waals surface area contributed by atoms with E-state index in [2.05, 4.69) is 4.98 Å². The Morgan fingerprint density at radius 3 is 2.81 bits per heavy atom. The van der Waals surface area contributed by atoms with Gasteiger partial charge in [0.2, 0.25) is 0 Å². The van der Waals surface area contributed by atoms with E-state index in [9.17, 15) is 9.59 Å². The standard InChI is InChI=1S/C15H21N3O3/c1-17(10-13-4-7-16-8-5-13)15(21)18-9-6-12(11-18)2-3-14(19)20/h4-5,7-8,12H,2-3,6,9-11H2,1H3,(H,19,20). The predicted octanol–water partition coefficient (Wildman–Crippen LogP) is 1.82. The summed E-state index contributed by atoms with van der Waals surface area (Å²) in [6, 6.07) is 3.79. The Morgan fingerprint density at radius 2 is 2.14 bits per heavy atom. The Labute approximate surface area is 124 Å². The van der Waals surface area contributed by atoms with Gasteiger partial charge >= 0.3 is 12.0 Å². The van der Waals surface area contributed by atoms with Crippen LogP contribution in [0.25, 0.3) is 0 Å². The van der Waals surface area contributed by atoms with E-state index in [-0.39, 0.29) is 12.5 Å². The summed E-state index contributed by atoms with van der Waals surface area (Å²) >= 11 is 0. The minimum Gasteiger partial charge on any atom is -0.481 e. The first-order valence-corrected chi connectivity index (χ1v) is 7.17. The SMILES string of the molecule is CN(Cc1ccncc1)C(=O)N1CCC(CCC(=O)O)C1. The fourth-order valence-corrected chi connectivity index (χ4v) is 2.64. The third kappa shape index (κ3) is 4.44. The lowest BCUT2D eigenvalue weighted by Crippen LogP contribution is -2.39. The second-order valence-corrected chi connectivity index (χ2v) is 5.53. The monoisotopic (exact) mass is 291 g/mol. The zero-order chi connectivity index (χ0) is 15.2. The van der Waals surface area contributed by atoms with Gasteiger partial charge in [-0.25, -0.2) is 4.79 Å². The summed E-state index contributed by atoms with van der Waals surface area (Å²) in [4.78, 5) is 30.4. The number of likely N-dealkylation sites (tertiary alicyclic amines) is 1. The summed E-state index contributed by atoms with van der Waals surface area (Å²) in [6.45, 7) is 1.92. The number of hydrogen-bond donors (Lipinski definition) is 1. The highest BCUT2D eigenvalue weighted by Crippen LogP contribution is 2.22. The van der Waals surface area contributed by atoms with Gasteiger partial charge in [0.1, 0.15) is 0 Å². The van der Waals surface area contributed by atoms with Crippen LogP contribution in [-0.2, 0) is 11.3 Å². The molecule has 1 unspecified atom stereocenters. The Morgan fingerprint density at radius 1 is 1.43 bits per heavy atom. The molecule has 1 aliphatic rings. The van der Waals surface area contributed by atoms with Crippen molar-refractivity contribution in [1.82, 2.24) is 14.8 Å². The molecule has 2 rings (SSSR count). The van der Waals surface area contributed by atoms with Gasteiger partial charge in [0.15, 0.2) is 0 Å². The van der Waals surface area contributed by atoms with E-state index < -0.39 is 5.97 Å². The highest BCUT2D eigenvalue weighted by atomic mass is 16.4. The molecule has 21 heavy (non-hydrogen) atoms. The summed E-state index contributed by atoms with van der Waals surface area (Å²) in [5.74, 6) is -0.464. The van der Waals surface area contributed by atoms with Crippen LogP contribution < -0.4 is 0 Å². The smallest absolute Gasteiger partial charge is 0.320 e. The number of aromatic nitrogens is 1. The van der Waals surface area contributed by atoms with Crippen LogP contribution in [0.15, 0.2) is 24.5 Å². The van der Waals surface area contributed by atoms with Crippen molar-refractivity contribution in [3.63, 3.8) is 0 Å². The summed E-state index contributed by atoms with van der Waals surface area (Å²) in [7, 11) is 1.79. The maximum Gasteiger partial charge on any atom is 0.320 e. The van der Waals surface area contributed by atoms with E-state index in [1.54, 1.807) is 24.3 Å². The molecule has 0 saturated carbocycles. The molecule has 0 aromatic carbocycles. The van der Waals surface area contributed by atoms with Crippen LogP contribution in [0.1, 0.15) is 24.8 Å². The molecule has 0 aliphatic carbocycles. The molecule has 6 heteroatoms. The second-order valence-electron chi connectivity index (χ2n) is 5.53. The minimum atomic E-state index is -0.769. The summed E-state index contributed by atoms with van der Waals surface area (Å²) in [6.07, 6.45) is 5.14. The maximum atomic E-state index is 12.4. The van der Waals surface area contributed by atoms with Crippen LogP contribution in [0.4, 0.5) is 4.79 Å². The number of urea groups is 1. The molecule has 6 nitrogen and oxygen atoms in total. The third-order valence-electron chi connectivity index (χ3n) is 3.82. The van der Waals surface area contributed by atoms with Gasteiger partial charge in [0.05, 0.1) is 0 Å². The molecule has 0 radical (unpaired) electrons. The number of hydrogen-bond acceptors (Lipinski definition) is 3. The molecule has 114 valence electrons. The van der Waals surface area contributed by atoms with Crippen molar-refractivity contribution in [2.75, 3.05) is 20.1 Å². The molecular weight excluding hydrogens is 270 g/mol. The fraction of sp³-hybridized carbons (Fsp3) is 0.533. The van der Waals surface area contributed by atoms with Crippen LogP contribution in [0.5, 0.6) is 0 Å². The van der Waals surface area contributed by atoms with Crippen molar-refractivity contribution in [3.8, 4) is 0 Å². The molecule has 1 saturated heterocycles. The van der Waals surface area contributed by atoms with Gasteiger partial charge in [-0.3, -0.25) is 9.78 Å². The van der Waals surface area contributed by atoms with Gasteiger partial charge in [-0.2, -0.15) is 0 Å². The van der Waals surface area contributed by atoms with E-state index in [1.807, 2.05) is 17.0 Å².